The fraction of sp³-hybridized carbons (Fsp3) is 0.692. The molecular formula is C13H20N2O3S. The number of aromatic nitrogens is 1. The van der Waals surface area contributed by atoms with E-state index in [9.17, 15) is 4.79 Å². The highest BCUT2D eigenvalue weighted by atomic mass is 32.1. The monoisotopic (exact) mass is 284 g/mol. The second-order valence-electron chi connectivity index (χ2n) is 5.67. The fourth-order valence-electron chi connectivity index (χ4n) is 2.11. The van der Waals surface area contributed by atoms with E-state index in [0.717, 1.165) is 17.8 Å². The lowest BCUT2D eigenvalue weighted by atomic mass is 10.2. The number of carbonyl (C=O) groups is 1. The summed E-state index contributed by atoms with van der Waals surface area (Å²) in [5, 5.41) is 11.8. The number of nitrogens with zero attached hydrogens (tertiary/aromatic N) is 2. The predicted octanol–water partition coefficient (Wildman–Crippen LogP) is 2.71. The van der Waals surface area contributed by atoms with Crippen molar-refractivity contribution < 1.29 is 14.6 Å². The predicted molar refractivity (Wildman–Crippen MR) is 73.0 cm³/mol. The number of rotatable bonds is 2. The first-order valence-corrected chi connectivity index (χ1v) is 7.33. The minimum atomic E-state index is -0.483. The lowest BCUT2D eigenvalue weighted by Gasteiger charge is -2.27. The Morgan fingerprint density at radius 3 is 2.95 bits per heavy atom. The molecule has 0 aliphatic carbocycles. The van der Waals surface area contributed by atoms with Crippen LogP contribution >= 0.6 is 11.3 Å². The fourth-order valence-corrected chi connectivity index (χ4v) is 3.07. The lowest BCUT2D eigenvalue weighted by Crippen LogP contribution is -2.36. The molecule has 1 aliphatic rings. The van der Waals surface area contributed by atoms with E-state index in [1.54, 1.807) is 4.90 Å². The summed E-state index contributed by atoms with van der Waals surface area (Å²) in [4.78, 5) is 18.3. The molecule has 0 spiro atoms. The molecule has 1 aliphatic heterocycles. The molecule has 0 radical (unpaired) electrons. The van der Waals surface area contributed by atoms with Gasteiger partial charge in [-0.15, -0.1) is 11.3 Å². The third kappa shape index (κ3) is 3.45. The molecule has 5 nitrogen and oxygen atoms in total. The smallest absolute Gasteiger partial charge is 0.410 e. The van der Waals surface area contributed by atoms with E-state index in [4.69, 9.17) is 9.84 Å². The van der Waals surface area contributed by atoms with Crippen molar-refractivity contribution in [1.82, 2.24) is 9.88 Å². The standard InChI is InChI=1S/C13H20N2O3S/c1-13(2,3)18-12(17)15-6-4-5-10(15)11-14-9(7-16)8-19-11/h8,10,16H,4-7H2,1-3H3/t10-/m1/s1. The molecule has 2 heterocycles. The molecular weight excluding hydrogens is 264 g/mol. The highest BCUT2D eigenvalue weighted by Gasteiger charge is 2.34. The number of ether oxygens (including phenoxy) is 1. The van der Waals surface area contributed by atoms with Gasteiger partial charge in [0.25, 0.3) is 0 Å². The Labute approximate surface area is 117 Å². The normalized spacial score (nSPS) is 19.8. The number of hydrogen-bond donors (Lipinski definition) is 1. The largest absolute Gasteiger partial charge is 0.444 e. The Morgan fingerprint density at radius 2 is 2.37 bits per heavy atom. The van der Waals surface area contributed by atoms with Gasteiger partial charge in [0.15, 0.2) is 0 Å². The average Bonchev–Trinajstić information content (AvgIpc) is 2.95. The molecule has 0 aromatic carbocycles. The van der Waals surface area contributed by atoms with Crippen LogP contribution in [0.2, 0.25) is 0 Å². The number of likely N-dealkylation sites (tertiary alicyclic amines) is 1. The molecule has 0 unspecified atom stereocenters. The second kappa shape index (κ2) is 5.46. The first-order chi connectivity index (χ1) is 8.90. The summed E-state index contributed by atoms with van der Waals surface area (Å²) in [5.41, 5.74) is 0.180. The second-order valence-corrected chi connectivity index (χ2v) is 6.56. The van der Waals surface area contributed by atoms with E-state index in [0.29, 0.717) is 12.2 Å². The van der Waals surface area contributed by atoms with Crippen LogP contribution in [0.3, 0.4) is 0 Å². The molecule has 1 saturated heterocycles. The number of thiazole rings is 1. The van der Waals surface area contributed by atoms with Crippen LogP contribution in [0.4, 0.5) is 4.79 Å². The maximum atomic E-state index is 12.2. The van der Waals surface area contributed by atoms with Gasteiger partial charge in [0.05, 0.1) is 18.3 Å². The van der Waals surface area contributed by atoms with Crippen LogP contribution in [0.15, 0.2) is 5.38 Å². The molecule has 1 N–H and O–H groups in total. The first-order valence-electron chi connectivity index (χ1n) is 6.45. The average molecular weight is 284 g/mol. The third-order valence-electron chi connectivity index (χ3n) is 2.90. The number of aliphatic hydroxyl groups excluding tert-OH is 1. The zero-order valence-electron chi connectivity index (χ0n) is 11.5. The van der Waals surface area contributed by atoms with Gasteiger partial charge in [-0.05, 0) is 33.6 Å². The van der Waals surface area contributed by atoms with Crippen molar-refractivity contribution in [3.05, 3.63) is 16.1 Å². The molecule has 106 valence electrons. The molecule has 1 amide bonds. The summed E-state index contributed by atoms with van der Waals surface area (Å²) >= 11 is 1.49. The van der Waals surface area contributed by atoms with Crippen molar-refractivity contribution >= 4 is 17.4 Å². The Hall–Kier alpha value is -1.14. The maximum Gasteiger partial charge on any atom is 0.410 e. The van der Waals surface area contributed by atoms with Gasteiger partial charge < -0.3 is 9.84 Å². The van der Waals surface area contributed by atoms with Gasteiger partial charge in [-0.1, -0.05) is 0 Å². The zero-order chi connectivity index (χ0) is 14.0. The van der Waals surface area contributed by atoms with Crippen LogP contribution < -0.4 is 0 Å². The van der Waals surface area contributed by atoms with Crippen LogP contribution in [0.25, 0.3) is 0 Å². The van der Waals surface area contributed by atoms with E-state index in [-0.39, 0.29) is 18.7 Å². The van der Waals surface area contributed by atoms with Crippen molar-refractivity contribution in [2.45, 2.75) is 51.9 Å². The van der Waals surface area contributed by atoms with E-state index in [1.165, 1.54) is 11.3 Å². The number of aliphatic hydroxyl groups is 1. The zero-order valence-corrected chi connectivity index (χ0v) is 12.4. The Morgan fingerprint density at radius 1 is 1.63 bits per heavy atom. The number of amides is 1. The molecule has 19 heavy (non-hydrogen) atoms. The van der Waals surface area contributed by atoms with E-state index in [2.05, 4.69) is 4.98 Å². The van der Waals surface area contributed by atoms with Crippen molar-refractivity contribution in [2.75, 3.05) is 6.54 Å². The van der Waals surface area contributed by atoms with E-state index in [1.807, 2.05) is 26.2 Å². The minimum absolute atomic E-state index is 0.0138. The van der Waals surface area contributed by atoms with Crippen LogP contribution in [0, 0.1) is 0 Å². The van der Waals surface area contributed by atoms with Gasteiger partial charge in [0.2, 0.25) is 0 Å². The molecule has 2 rings (SSSR count). The third-order valence-corrected chi connectivity index (χ3v) is 3.89. The molecule has 1 fully saturated rings. The molecule has 1 aromatic rings. The van der Waals surface area contributed by atoms with Gasteiger partial charge in [0.1, 0.15) is 10.6 Å². The van der Waals surface area contributed by atoms with Crippen molar-refractivity contribution in [2.24, 2.45) is 0 Å². The molecule has 0 saturated carbocycles. The van der Waals surface area contributed by atoms with E-state index < -0.39 is 5.60 Å². The van der Waals surface area contributed by atoms with Gasteiger partial charge in [-0.25, -0.2) is 9.78 Å². The Bertz CT molecular complexity index is 453. The summed E-state index contributed by atoms with van der Waals surface area (Å²) < 4.78 is 5.42. The van der Waals surface area contributed by atoms with Crippen LogP contribution in [0.5, 0.6) is 0 Å². The highest BCUT2D eigenvalue weighted by Crippen LogP contribution is 2.34. The van der Waals surface area contributed by atoms with Crippen LogP contribution in [0.1, 0.15) is 50.4 Å². The van der Waals surface area contributed by atoms with Gasteiger partial charge in [0, 0.05) is 11.9 Å². The Kier molecular flexibility index (Phi) is 4.10. The summed E-state index contributed by atoms with van der Waals surface area (Å²) in [7, 11) is 0. The highest BCUT2D eigenvalue weighted by molar-refractivity contribution is 7.09. The molecule has 1 aromatic heterocycles. The van der Waals surface area contributed by atoms with Crippen LogP contribution in [-0.2, 0) is 11.3 Å². The molecule has 0 bridgehead atoms. The number of carbonyl (C=O) groups excluding carboxylic acids is 1. The van der Waals surface area contributed by atoms with Gasteiger partial charge >= 0.3 is 6.09 Å². The van der Waals surface area contributed by atoms with Gasteiger partial charge in [-0.2, -0.15) is 0 Å². The number of hydrogen-bond acceptors (Lipinski definition) is 5. The first kappa shape index (κ1) is 14.3. The topological polar surface area (TPSA) is 62.7 Å². The van der Waals surface area contributed by atoms with Crippen molar-refractivity contribution in [3.8, 4) is 0 Å². The molecule has 6 heteroatoms. The van der Waals surface area contributed by atoms with Gasteiger partial charge in [-0.3, -0.25) is 4.90 Å². The minimum Gasteiger partial charge on any atom is -0.444 e. The summed E-state index contributed by atoms with van der Waals surface area (Å²) in [6.07, 6.45) is 1.58. The summed E-state index contributed by atoms with van der Waals surface area (Å²) in [6, 6.07) is -0.0138. The summed E-state index contributed by atoms with van der Waals surface area (Å²) in [5.74, 6) is 0. The molecule has 1 atom stereocenters. The quantitative estimate of drug-likeness (QED) is 0.907. The lowest BCUT2D eigenvalue weighted by molar-refractivity contribution is 0.0224. The SMILES string of the molecule is CC(C)(C)OC(=O)N1CCC[C@@H]1c1nc(CO)cs1. The maximum absolute atomic E-state index is 12.2. The van der Waals surface area contributed by atoms with Crippen molar-refractivity contribution in [1.29, 1.82) is 0 Å². The summed E-state index contributed by atoms with van der Waals surface area (Å²) in [6.45, 7) is 6.24. The van der Waals surface area contributed by atoms with Crippen molar-refractivity contribution in [3.63, 3.8) is 0 Å². The van der Waals surface area contributed by atoms with Crippen LogP contribution in [-0.4, -0.2) is 33.2 Å². The van der Waals surface area contributed by atoms with E-state index >= 15 is 0 Å². The Balaban J connectivity index is 2.10.